The lowest BCUT2D eigenvalue weighted by atomic mass is 10.1. The molecular weight excluding hydrogens is 540 g/mol. The fourth-order valence-electron chi connectivity index (χ4n) is 4.22. The number of ether oxygens (including phenoxy) is 1. The van der Waals surface area contributed by atoms with Crippen LogP contribution in [0.4, 0.5) is 0 Å². The van der Waals surface area contributed by atoms with E-state index >= 15 is 0 Å². The topological polar surface area (TPSA) is 97.1 Å². The van der Waals surface area contributed by atoms with Gasteiger partial charge in [0.2, 0.25) is 10.0 Å². The second kappa shape index (κ2) is 11.9. The van der Waals surface area contributed by atoms with Crippen LogP contribution in [0.3, 0.4) is 0 Å². The second-order valence-corrected chi connectivity index (χ2v) is 11.1. The van der Waals surface area contributed by atoms with E-state index in [1.54, 1.807) is 25.1 Å². The van der Waals surface area contributed by atoms with Crippen LogP contribution in [0.25, 0.3) is 6.08 Å². The maximum atomic E-state index is 13.6. The van der Waals surface area contributed by atoms with Crippen molar-refractivity contribution >= 4 is 39.6 Å². The number of sulfonamides is 1. The molecule has 0 aliphatic carbocycles. The number of esters is 1. The van der Waals surface area contributed by atoms with E-state index in [0.717, 1.165) is 5.56 Å². The summed E-state index contributed by atoms with van der Waals surface area (Å²) in [6.07, 6.45) is 3.02. The SMILES string of the molecule is C=CCN1C(=O)/C(=C/c2ccc(CN(Cc3ccccc3)S(=O)(=O)c3ccc(Cl)cc3)o2)C(C(=O)OC)=C1C. The molecule has 0 N–H and O–H groups in total. The number of hydrogen-bond acceptors (Lipinski definition) is 6. The quantitative estimate of drug-likeness (QED) is 0.190. The fourth-order valence-corrected chi connectivity index (χ4v) is 5.74. The van der Waals surface area contributed by atoms with Gasteiger partial charge < -0.3 is 14.1 Å². The number of benzene rings is 2. The smallest absolute Gasteiger partial charge is 0.340 e. The second-order valence-electron chi connectivity index (χ2n) is 8.73. The first-order valence-corrected chi connectivity index (χ1v) is 13.8. The highest BCUT2D eigenvalue weighted by molar-refractivity contribution is 7.89. The average Bonchev–Trinajstić information content (AvgIpc) is 3.46. The van der Waals surface area contributed by atoms with E-state index in [1.165, 1.54) is 46.7 Å². The molecule has 0 bridgehead atoms. The minimum absolute atomic E-state index is 0.0711. The number of carbonyl (C=O) groups is 2. The van der Waals surface area contributed by atoms with Crippen molar-refractivity contribution in [3.8, 4) is 0 Å². The number of halogens is 1. The summed E-state index contributed by atoms with van der Waals surface area (Å²) < 4.78 is 39.3. The molecule has 0 radical (unpaired) electrons. The molecule has 8 nitrogen and oxygen atoms in total. The summed E-state index contributed by atoms with van der Waals surface area (Å²) in [5.74, 6) is -0.397. The first-order valence-electron chi connectivity index (χ1n) is 12.0. The van der Waals surface area contributed by atoms with Crippen LogP contribution in [0.5, 0.6) is 0 Å². The van der Waals surface area contributed by atoms with Gasteiger partial charge in [0.25, 0.3) is 5.91 Å². The van der Waals surface area contributed by atoms with Crippen LogP contribution in [-0.4, -0.2) is 43.2 Å². The zero-order valence-electron chi connectivity index (χ0n) is 21.5. The highest BCUT2D eigenvalue weighted by Crippen LogP contribution is 2.32. The van der Waals surface area contributed by atoms with E-state index in [1.807, 2.05) is 30.3 Å². The Morgan fingerprint density at radius 3 is 2.41 bits per heavy atom. The van der Waals surface area contributed by atoms with E-state index in [4.69, 9.17) is 20.8 Å². The first kappa shape index (κ1) is 28.1. The summed E-state index contributed by atoms with van der Waals surface area (Å²) in [4.78, 5) is 27.1. The molecule has 3 aromatic rings. The molecule has 202 valence electrons. The van der Waals surface area contributed by atoms with Gasteiger partial charge >= 0.3 is 5.97 Å². The van der Waals surface area contributed by atoms with Crippen molar-refractivity contribution in [2.24, 2.45) is 0 Å². The van der Waals surface area contributed by atoms with Crippen LogP contribution < -0.4 is 0 Å². The van der Waals surface area contributed by atoms with Gasteiger partial charge in [-0.1, -0.05) is 48.0 Å². The highest BCUT2D eigenvalue weighted by Gasteiger charge is 2.36. The Bertz CT molecular complexity index is 1560. The predicted molar refractivity (Wildman–Crippen MR) is 148 cm³/mol. The summed E-state index contributed by atoms with van der Waals surface area (Å²) in [6, 6.07) is 18.4. The third kappa shape index (κ3) is 6.06. The van der Waals surface area contributed by atoms with E-state index in [-0.39, 0.29) is 47.3 Å². The van der Waals surface area contributed by atoms with Gasteiger partial charge in [0, 0.05) is 23.8 Å². The number of amides is 1. The van der Waals surface area contributed by atoms with Crippen LogP contribution in [0.1, 0.15) is 24.0 Å². The minimum atomic E-state index is -3.92. The Kier molecular flexibility index (Phi) is 8.54. The molecule has 10 heteroatoms. The van der Waals surface area contributed by atoms with E-state index < -0.39 is 16.0 Å². The van der Waals surface area contributed by atoms with Gasteiger partial charge in [-0.3, -0.25) is 4.79 Å². The number of rotatable bonds is 10. The Labute approximate surface area is 232 Å². The molecule has 1 amide bonds. The molecular formula is C29H27ClN2O6S. The fraction of sp³-hybridized carbons (Fsp3) is 0.172. The molecule has 4 rings (SSSR count). The van der Waals surface area contributed by atoms with Crippen molar-refractivity contribution in [2.45, 2.75) is 24.9 Å². The summed E-state index contributed by atoms with van der Waals surface area (Å²) >= 11 is 5.97. The molecule has 0 spiro atoms. The minimum Gasteiger partial charge on any atom is -0.465 e. The molecule has 2 aromatic carbocycles. The maximum Gasteiger partial charge on any atom is 0.340 e. The molecule has 1 aromatic heterocycles. The normalized spacial score (nSPS) is 14.9. The summed E-state index contributed by atoms with van der Waals surface area (Å²) in [5, 5.41) is 0.427. The van der Waals surface area contributed by atoms with Crippen molar-refractivity contribution < 1.29 is 27.2 Å². The van der Waals surface area contributed by atoms with Crippen molar-refractivity contribution in [2.75, 3.05) is 13.7 Å². The van der Waals surface area contributed by atoms with Crippen molar-refractivity contribution in [1.29, 1.82) is 0 Å². The third-order valence-corrected chi connectivity index (χ3v) is 8.23. The number of carbonyl (C=O) groups excluding carboxylic acids is 2. The monoisotopic (exact) mass is 566 g/mol. The lowest BCUT2D eigenvalue weighted by Crippen LogP contribution is -2.30. The first-order chi connectivity index (χ1) is 18.6. The van der Waals surface area contributed by atoms with Gasteiger partial charge in [-0.15, -0.1) is 6.58 Å². The molecule has 0 fully saturated rings. The molecule has 0 saturated carbocycles. The van der Waals surface area contributed by atoms with E-state index in [0.29, 0.717) is 16.5 Å². The summed E-state index contributed by atoms with van der Waals surface area (Å²) in [5.41, 5.74) is 1.51. The number of hydrogen-bond donors (Lipinski definition) is 0. The molecule has 0 atom stereocenters. The van der Waals surface area contributed by atoms with Gasteiger partial charge in [-0.05, 0) is 55.0 Å². The number of allylic oxidation sites excluding steroid dienone is 1. The molecule has 1 aliphatic heterocycles. The van der Waals surface area contributed by atoms with Crippen LogP contribution >= 0.6 is 11.6 Å². The summed E-state index contributed by atoms with van der Waals surface area (Å²) in [7, 11) is -2.68. The van der Waals surface area contributed by atoms with Crippen molar-refractivity contribution in [3.63, 3.8) is 0 Å². The molecule has 2 heterocycles. The molecule has 39 heavy (non-hydrogen) atoms. The van der Waals surface area contributed by atoms with Gasteiger partial charge in [0.1, 0.15) is 11.5 Å². The lowest BCUT2D eigenvalue weighted by Gasteiger charge is -2.21. The van der Waals surface area contributed by atoms with Gasteiger partial charge in [0.15, 0.2) is 0 Å². The molecule has 1 aliphatic rings. The van der Waals surface area contributed by atoms with E-state index in [2.05, 4.69) is 6.58 Å². The Hall–Kier alpha value is -3.92. The zero-order chi connectivity index (χ0) is 28.2. The maximum absolute atomic E-state index is 13.6. The number of methoxy groups -OCH3 is 1. The average molecular weight is 567 g/mol. The molecule has 0 saturated heterocycles. The lowest BCUT2D eigenvalue weighted by molar-refractivity contribution is -0.136. The van der Waals surface area contributed by atoms with E-state index in [9.17, 15) is 18.0 Å². The Morgan fingerprint density at radius 2 is 1.77 bits per heavy atom. The highest BCUT2D eigenvalue weighted by atomic mass is 35.5. The summed E-state index contributed by atoms with van der Waals surface area (Å²) in [6.45, 7) is 5.58. The number of nitrogens with zero attached hydrogens (tertiary/aromatic N) is 2. The van der Waals surface area contributed by atoms with Crippen LogP contribution in [0, 0.1) is 0 Å². The zero-order valence-corrected chi connectivity index (χ0v) is 23.0. The van der Waals surface area contributed by atoms with Gasteiger partial charge in [-0.2, -0.15) is 4.31 Å². The predicted octanol–water partition coefficient (Wildman–Crippen LogP) is 5.18. The van der Waals surface area contributed by atoms with Crippen LogP contribution in [-0.2, 0) is 37.4 Å². The largest absolute Gasteiger partial charge is 0.465 e. The van der Waals surface area contributed by atoms with Crippen molar-refractivity contribution in [3.05, 3.63) is 118 Å². The van der Waals surface area contributed by atoms with Gasteiger partial charge in [-0.25, -0.2) is 13.2 Å². The Morgan fingerprint density at radius 1 is 1.08 bits per heavy atom. The third-order valence-electron chi connectivity index (χ3n) is 6.17. The van der Waals surface area contributed by atoms with Gasteiger partial charge in [0.05, 0.1) is 29.7 Å². The number of furan rings is 1. The van der Waals surface area contributed by atoms with Crippen LogP contribution in [0.2, 0.25) is 5.02 Å². The Balaban J connectivity index is 1.67. The standard InChI is InChI=1S/C29H27ClN2O6S/c1-4-16-32-20(2)27(29(34)37-3)26(28(32)33)17-23-12-13-24(38-23)19-31(18-21-8-6-5-7-9-21)39(35,36)25-14-10-22(30)11-15-25/h4-15,17H,1,16,18-19H2,2-3H3/b26-17+. The van der Waals surface area contributed by atoms with Crippen molar-refractivity contribution in [1.82, 2.24) is 9.21 Å². The van der Waals surface area contributed by atoms with Crippen LogP contribution in [0.15, 0.2) is 106 Å². The molecule has 0 unspecified atom stereocenters.